The number of hydrogen-bond donors (Lipinski definition) is 0. The van der Waals surface area contributed by atoms with E-state index in [9.17, 15) is 9.59 Å². The summed E-state index contributed by atoms with van der Waals surface area (Å²) in [7, 11) is 0. The predicted molar refractivity (Wildman–Crippen MR) is 81.0 cm³/mol. The highest BCUT2D eigenvalue weighted by molar-refractivity contribution is 7.18. The third kappa shape index (κ3) is 3.23. The van der Waals surface area contributed by atoms with E-state index in [4.69, 9.17) is 25.8 Å². The maximum atomic E-state index is 11.9. The van der Waals surface area contributed by atoms with Crippen molar-refractivity contribution in [1.29, 1.82) is 0 Å². The lowest BCUT2D eigenvalue weighted by atomic mass is 10.2. The first-order valence-electron chi connectivity index (χ1n) is 6.47. The minimum absolute atomic E-state index is 0.0505. The number of rotatable bonds is 4. The Labute approximate surface area is 135 Å². The molecule has 0 saturated carbocycles. The number of carbonyl (C=O) groups is 2. The van der Waals surface area contributed by atoms with E-state index < -0.39 is 12.1 Å². The molecule has 1 aliphatic heterocycles. The lowest BCUT2D eigenvalue weighted by Crippen LogP contribution is -2.38. The maximum absolute atomic E-state index is 11.9. The quantitative estimate of drug-likeness (QED) is 0.633. The van der Waals surface area contributed by atoms with Gasteiger partial charge in [0.05, 0.1) is 9.21 Å². The molecule has 1 aliphatic rings. The Hall–Kier alpha value is -2.05. The lowest BCUT2D eigenvalue weighted by Gasteiger charge is -2.24. The number of hydrogen-bond acceptors (Lipinski definition) is 6. The largest absolute Gasteiger partial charge is 0.485 e. The molecule has 0 N–H and O–H groups in total. The Balaban J connectivity index is 1.56. The van der Waals surface area contributed by atoms with Crippen molar-refractivity contribution >= 4 is 34.7 Å². The monoisotopic (exact) mass is 338 g/mol. The Morgan fingerprint density at radius 2 is 2.00 bits per heavy atom. The summed E-state index contributed by atoms with van der Waals surface area (Å²) in [5.74, 6) is 0.121. The van der Waals surface area contributed by atoms with Crippen LogP contribution in [0.3, 0.4) is 0 Å². The summed E-state index contributed by atoms with van der Waals surface area (Å²) >= 11 is 6.90. The van der Waals surface area contributed by atoms with E-state index in [0.717, 1.165) is 11.3 Å². The number of esters is 1. The molecular weight excluding hydrogens is 328 g/mol. The molecule has 114 valence electrons. The van der Waals surface area contributed by atoms with Gasteiger partial charge in [-0.05, 0) is 24.3 Å². The van der Waals surface area contributed by atoms with Gasteiger partial charge in [-0.2, -0.15) is 0 Å². The van der Waals surface area contributed by atoms with Crippen molar-refractivity contribution in [2.45, 2.75) is 6.10 Å². The van der Waals surface area contributed by atoms with Crippen LogP contribution in [0, 0.1) is 0 Å². The minimum Gasteiger partial charge on any atom is -0.485 e. The summed E-state index contributed by atoms with van der Waals surface area (Å²) in [5, 5.41) is 0. The van der Waals surface area contributed by atoms with E-state index in [1.807, 2.05) is 6.07 Å². The fourth-order valence-corrected chi connectivity index (χ4v) is 2.87. The van der Waals surface area contributed by atoms with Gasteiger partial charge in [0.15, 0.2) is 18.1 Å². The van der Waals surface area contributed by atoms with Crippen LogP contribution in [0.4, 0.5) is 0 Å². The standard InChI is InChI=1S/C15H11ClO5S/c16-14-6-5-13(22-14)9(17)7-20-15(18)12-8-19-10-3-1-2-4-11(10)21-12/h1-6,12H,7-8H2/t12-/m0/s1. The molecule has 0 unspecified atom stereocenters. The second-order valence-corrected chi connectivity index (χ2v) is 6.21. The van der Waals surface area contributed by atoms with Gasteiger partial charge in [-0.3, -0.25) is 4.79 Å². The molecule has 5 nitrogen and oxygen atoms in total. The minimum atomic E-state index is -0.880. The summed E-state index contributed by atoms with van der Waals surface area (Å²) < 4.78 is 16.4. The van der Waals surface area contributed by atoms with Crippen molar-refractivity contribution in [3.63, 3.8) is 0 Å². The van der Waals surface area contributed by atoms with Crippen LogP contribution in [0.1, 0.15) is 9.67 Å². The Morgan fingerprint density at radius 1 is 1.23 bits per heavy atom. The summed E-state index contributed by atoms with van der Waals surface area (Å²) in [6.45, 7) is -0.300. The molecule has 1 aromatic heterocycles. The normalized spacial score (nSPS) is 16.1. The third-order valence-corrected chi connectivity index (χ3v) is 4.24. The molecule has 1 atom stereocenters. The molecule has 1 aromatic carbocycles. The second-order valence-electron chi connectivity index (χ2n) is 4.50. The molecule has 0 saturated heterocycles. The number of halogens is 1. The lowest BCUT2D eigenvalue weighted by molar-refractivity contribution is -0.153. The molecule has 0 radical (unpaired) electrons. The Morgan fingerprint density at radius 3 is 2.73 bits per heavy atom. The van der Waals surface area contributed by atoms with E-state index in [1.54, 1.807) is 30.3 Å². The zero-order valence-corrected chi connectivity index (χ0v) is 12.9. The Bertz CT molecular complexity index is 711. The van der Waals surface area contributed by atoms with Gasteiger partial charge in [0.2, 0.25) is 11.9 Å². The van der Waals surface area contributed by atoms with E-state index in [0.29, 0.717) is 20.7 Å². The van der Waals surface area contributed by atoms with Gasteiger partial charge in [0, 0.05) is 0 Å². The number of fused-ring (bicyclic) bond motifs is 1. The van der Waals surface area contributed by atoms with Gasteiger partial charge in [-0.1, -0.05) is 23.7 Å². The zero-order valence-electron chi connectivity index (χ0n) is 11.3. The average Bonchev–Trinajstić information content (AvgIpc) is 2.98. The highest BCUT2D eigenvalue weighted by atomic mass is 35.5. The molecule has 2 aromatic rings. The molecule has 0 amide bonds. The van der Waals surface area contributed by atoms with Crippen LogP contribution in [-0.4, -0.2) is 31.1 Å². The van der Waals surface area contributed by atoms with Crippen LogP contribution in [0.5, 0.6) is 11.5 Å². The SMILES string of the molecule is O=C(COC(=O)[C@@H]1COc2ccccc2O1)c1ccc(Cl)s1. The molecule has 0 bridgehead atoms. The number of benzene rings is 1. The molecule has 3 rings (SSSR count). The first-order chi connectivity index (χ1) is 10.6. The van der Waals surface area contributed by atoms with Crippen molar-refractivity contribution in [2.75, 3.05) is 13.2 Å². The van der Waals surface area contributed by atoms with Gasteiger partial charge in [0.1, 0.15) is 6.61 Å². The third-order valence-electron chi connectivity index (χ3n) is 2.97. The van der Waals surface area contributed by atoms with Gasteiger partial charge in [-0.25, -0.2) is 4.79 Å². The fourth-order valence-electron chi connectivity index (χ4n) is 1.90. The van der Waals surface area contributed by atoms with E-state index in [-0.39, 0.29) is 19.0 Å². The van der Waals surface area contributed by atoms with E-state index >= 15 is 0 Å². The molecule has 2 heterocycles. The topological polar surface area (TPSA) is 61.8 Å². The average molecular weight is 339 g/mol. The first kappa shape index (κ1) is 14.9. The van der Waals surface area contributed by atoms with Crippen molar-refractivity contribution < 1.29 is 23.8 Å². The van der Waals surface area contributed by atoms with Crippen LogP contribution in [-0.2, 0) is 9.53 Å². The zero-order chi connectivity index (χ0) is 15.5. The smallest absolute Gasteiger partial charge is 0.351 e. The van der Waals surface area contributed by atoms with Crippen molar-refractivity contribution in [3.8, 4) is 11.5 Å². The molecule has 22 heavy (non-hydrogen) atoms. The maximum Gasteiger partial charge on any atom is 0.351 e. The fraction of sp³-hybridized carbons (Fsp3) is 0.200. The molecule has 0 fully saturated rings. The van der Waals surface area contributed by atoms with Gasteiger partial charge >= 0.3 is 5.97 Å². The van der Waals surface area contributed by atoms with Crippen molar-refractivity contribution in [3.05, 3.63) is 45.6 Å². The highest BCUT2D eigenvalue weighted by Crippen LogP contribution is 2.31. The Kier molecular flexibility index (Phi) is 4.31. The molecule has 7 heteroatoms. The number of thiophene rings is 1. The summed E-state index contributed by atoms with van der Waals surface area (Å²) in [6, 6.07) is 10.3. The van der Waals surface area contributed by atoms with Gasteiger partial charge in [-0.15, -0.1) is 11.3 Å². The highest BCUT2D eigenvalue weighted by Gasteiger charge is 2.29. The van der Waals surface area contributed by atoms with Crippen LogP contribution >= 0.6 is 22.9 Å². The van der Waals surface area contributed by atoms with E-state index in [1.165, 1.54) is 0 Å². The number of ether oxygens (including phenoxy) is 3. The summed E-state index contributed by atoms with van der Waals surface area (Å²) in [5.41, 5.74) is 0. The van der Waals surface area contributed by atoms with Crippen LogP contribution in [0.15, 0.2) is 36.4 Å². The van der Waals surface area contributed by atoms with Crippen LogP contribution in [0.2, 0.25) is 4.34 Å². The van der Waals surface area contributed by atoms with Crippen LogP contribution < -0.4 is 9.47 Å². The second kappa shape index (κ2) is 6.37. The van der Waals surface area contributed by atoms with Gasteiger partial charge < -0.3 is 14.2 Å². The van der Waals surface area contributed by atoms with Crippen molar-refractivity contribution in [1.82, 2.24) is 0 Å². The first-order valence-corrected chi connectivity index (χ1v) is 7.66. The summed E-state index contributed by atoms with van der Waals surface area (Å²) in [4.78, 5) is 24.2. The summed E-state index contributed by atoms with van der Waals surface area (Å²) in [6.07, 6.45) is -0.880. The predicted octanol–water partition coefficient (Wildman–Crippen LogP) is 2.97. The number of carbonyl (C=O) groups excluding carboxylic acids is 2. The number of para-hydroxylation sites is 2. The van der Waals surface area contributed by atoms with Crippen LogP contribution in [0.25, 0.3) is 0 Å². The molecule has 0 aliphatic carbocycles. The molecular formula is C15H11ClO5S. The molecule has 0 spiro atoms. The number of ketones is 1. The number of Topliss-reactive ketones (excluding diaryl/α,β-unsaturated/α-hetero) is 1. The van der Waals surface area contributed by atoms with Gasteiger partial charge in [0.25, 0.3) is 0 Å². The van der Waals surface area contributed by atoms with Crippen molar-refractivity contribution in [2.24, 2.45) is 0 Å². The van der Waals surface area contributed by atoms with E-state index in [2.05, 4.69) is 0 Å².